The Bertz CT molecular complexity index is 829. The van der Waals surface area contributed by atoms with Crippen LogP contribution >= 0.6 is 23.2 Å². The highest BCUT2D eigenvalue weighted by Gasteiger charge is 2.13. The molecule has 0 saturated heterocycles. The number of fused-ring (bicyclic) bond motifs is 1. The van der Waals surface area contributed by atoms with Crippen molar-refractivity contribution >= 4 is 34.2 Å². The summed E-state index contributed by atoms with van der Waals surface area (Å²) >= 11 is 12.3. The van der Waals surface area contributed by atoms with Crippen molar-refractivity contribution in [3.8, 4) is 6.07 Å². The largest absolute Gasteiger partial charge is 0.321 e. The molecule has 0 atom stereocenters. The summed E-state index contributed by atoms with van der Waals surface area (Å²) in [5, 5.41) is 9.50. The van der Waals surface area contributed by atoms with E-state index < -0.39 is 0 Å². The van der Waals surface area contributed by atoms with Gasteiger partial charge in [-0.05, 0) is 29.8 Å². The van der Waals surface area contributed by atoms with E-state index in [1.807, 2.05) is 34.9 Å². The highest BCUT2D eigenvalue weighted by molar-refractivity contribution is 6.35. The molecule has 0 bridgehead atoms. The van der Waals surface area contributed by atoms with Gasteiger partial charge in [0.2, 0.25) is 0 Å². The van der Waals surface area contributed by atoms with Crippen LogP contribution in [0.15, 0.2) is 42.5 Å². The summed E-state index contributed by atoms with van der Waals surface area (Å²) < 4.78 is 2.02. The summed E-state index contributed by atoms with van der Waals surface area (Å²) in [7, 11) is 0. The zero-order valence-electron chi connectivity index (χ0n) is 11.1. The summed E-state index contributed by atoms with van der Waals surface area (Å²) in [5.74, 6) is 1.10. The first-order chi connectivity index (χ1) is 10.2. The Balaban J connectivity index is 2.08. The molecule has 0 spiro atoms. The molecule has 3 aromatic rings. The Kier molecular flexibility index (Phi) is 3.83. The van der Waals surface area contributed by atoms with Gasteiger partial charge in [0.15, 0.2) is 0 Å². The van der Waals surface area contributed by atoms with E-state index in [1.165, 1.54) is 0 Å². The number of hydrogen-bond acceptors (Lipinski definition) is 2. The van der Waals surface area contributed by atoms with Crippen molar-refractivity contribution in [2.75, 3.05) is 0 Å². The van der Waals surface area contributed by atoms with E-state index in [-0.39, 0.29) is 0 Å². The predicted molar refractivity (Wildman–Crippen MR) is 84.6 cm³/mol. The third-order valence-corrected chi connectivity index (χ3v) is 3.88. The fourth-order valence-electron chi connectivity index (χ4n) is 2.33. The fraction of sp³-hybridized carbons (Fsp3) is 0.125. The molecule has 2 aromatic carbocycles. The third kappa shape index (κ3) is 2.61. The van der Waals surface area contributed by atoms with Gasteiger partial charge in [-0.15, -0.1) is 11.6 Å². The summed E-state index contributed by atoms with van der Waals surface area (Å²) in [6.07, 6.45) is 0. The number of rotatable bonds is 3. The van der Waals surface area contributed by atoms with Gasteiger partial charge in [0, 0.05) is 6.54 Å². The van der Waals surface area contributed by atoms with Gasteiger partial charge >= 0.3 is 0 Å². The van der Waals surface area contributed by atoms with Crippen LogP contribution in [0.2, 0.25) is 5.02 Å². The molecule has 0 fully saturated rings. The lowest BCUT2D eigenvalue weighted by Crippen LogP contribution is -2.04. The average Bonchev–Trinajstić information content (AvgIpc) is 2.87. The molecule has 3 nitrogen and oxygen atoms in total. The van der Waals surface area contributed by atoms with E-state index in [1.54, 1.807) is 12.1 Å². The van der Waals surface area contributed by atoms with Crippen LogP contribution in [0.1, 0.15) is 17.0 Å². The predicted octanol–water partition coefficient (Wildman–Crippen LogP) is 4.35. The molecule has 0 amide bonds. The summed E-state index contributed by atoms with van der Waals surface area (Å²) in [4.78, 5) is 4.52. The first-order valence-electron chi connectivity index (χ1n) is 6.41. The molecule has 104 valence electrons. The molecule has 0 saturated carbocycles. The molecular weight excluding hydrogens is 305 g/mol. The first kappa shape index (κ1) is 13.9. The quantitative estimate of drug-likeness (QED) is 0.674. The van der Waals surface area contributed by atoms with Gasteiger partial charge in [0.1, 0.15) is 5.82 Å². The Morgan fingerprint density at radius 2 is 1.90 bits per heavy atom. The maximum atomic E-state index is 8.84. The minimum Gasteiger partial charge on any atom is -0.321 e. The minimum atomic E-state index is 0.321. The molecule has 21 heavy (non-hydrogen) atoms. The molecule has 0 radical (unpaired) electrons. The van der Waals surface area contributed by atoms with Gasteiger partial charge < -0.3 is 4.57 Å². The monoisotopic (exact) mass is 315 g/mol. The van der Waals surface area contributed by atoms with E-state index in [0.717, 1.165) is 22.4 Å². The van der Waals surface area contributed by atoms with Crippen LogP contribution in [0.25, 0.3) is 11.0 Å². The Labute approximate surface area is 132 Å². The molecule has 5 heteroatoms. The van der Waals surface area contributed by atoms with E-state index in [4.69, 9.17) is 28.5 Å². The lowest BCUT2D eigenvalue weighted by atomic mass is 10.1. The molecule has 1 aromatic heterocycles. The number of aromatic nitrogens is 2. The van der Waals surface area contributed by atoms with Crippen LogP contribution < -0.4 is 0 Å². The second kappa shape index (κ2) is 5.77. The number of halogens is 2. The van der Waals surface area contributed by atoms with Crippen LogP contribution in [0.5, 0.6) is 0 Å². The van der Waals surface area contributed by atoms with E-state index in [9.17, 15) is 0 Å². The van der Waals surface area contributed by atoms with Crippen LogP contribution in [-0.4, -0.2) is 9.55 Å². The number of imidazole rings is 1. The highest BCUT2D eigenvalue weighted by Crippen LogP contribution is 2.26. The van der Waals surface area contributed by atoms with Gasteiger partial charge in [-0.3, -0.25) is 0 Å². The molecular formula is C16H11Cl2N3. The number of alkyl halides is 1. The van der Waals surface area contributed by atoms with Crippen molar-refractivity contribution in [1.29, 1.82) is 5.26 Å². The van der Waals surface area contributed by atoms with Crippen molar-refractivity contribution in [2.45, 2.75) is 12.4 Å². The van der Waals surface area contributed by atoms with Gasteiger partial charge in [0.25, 0.3) is 0 Å². The van der Waals surface area contributed by atoms with E-state index in [2.05, 4.69) is 11.1 Å². The number of nitrogens with zero attached hydrogens (tertiary/aromatic N) is 3. The smallest absolute Gasteiger partial charge is 0.125 e. The van der Waals surface area contributed by atoms with Crippen molar-refractivity contribution in [1.82, 2.24) is 9.55 Å². The van der Waals surface area contributed by atoms with Gasteiger partial charge in [-0.1, -0.05) is 29.8 Å². The van der Waals surface area contributed by atoms with Crippen molar-refractivity contribution < 1.29 is 0 Å². The molecule has 1 heterocycles. The second-order valence-electron chi connectivity index (χ2n) is 4.66. The zero-order chi connectivity index (χ0) is 14.8. The third-order valence-electron chi connectivity index (χ3n) is 3.34. The Hall–Kier alpha value is -2.02. The van der Waals surface area contributed by atoms with Crippen LogP contribution in [0.3, 0.4) is 0 Å². The lowest BCUT2D eigenvalue weighted by molar-refractivity contribution is 0.778. The minimum absolute atomic E-state index is 0.321. The maximum Gasteiger partial charge on any atom is 0.125 e. The molecule has 0 aliphatic heterocycles. The van der Waals surface area contributed by atoms with Crippen LogP contribution in [-0.2, 0) is 12.4 Å². The Morgan fingerprint density at radius 1 is 1.14 bits per heavy atom. The Morgan fingerprint density at radius 3 is 2.57 bits per heavy atom. The number of benzene rings is 2. The summed E-state index contributed by atoms with van der Waals surface area (Å²) in [6.45, 7) is 0.619. The van der Waals surface area contributed by atoms with Crippen molar-refractivity contribution in [3.05, 3.63) is 64.4 Å². The molecule has 0 unspecified atom stereocenters. The van der Waals surface area contributed by atoms with Gasteiger partial charge in [-0.2, -0.15) is 5.26 Å². The topological polar surface area (TPSA) is 41.6 Å². The fourth-order valence-corrected chi connectivity index (χ4v) is 2.81. The van der Waals surface area contributed by atoms with Gasteiger partial charge in [-0.25, -0.2) is 4.98 Å². The standard InChI is InChI=1S/C16H11Cl2N3/c17-8-15-20-14-3-1-2-13(18)16(14)21(15)10-12-6-4-11(9-19)5-7-12/h1-7H,8,10H2. The maximum absolute atomic E-state index is 8.84. The first-order valence-corrected chi connectivity index (χ1v) is 7.33. The number of para-hydroxylation sites is 1. The number of hydrogen-bond donors (Lipinski definition) is 0. The van der Waals surface area contributed by atoms with Crippen molar-refractivity contribution in [2.24, 2.45) is 0 Å². The molecule has 0 N–H and O–H groups in total. The van der Waals surface area contributed by atoms with Gasteiger partial charge in [0.05, 0.1) is 33.6 Å². The second-order valence-corrected chi connectivity index (χ2v) is 5.34. The summed E-state index contributed by atoms with van der Waals surface area (Å²) in [5.41, 5.74) is 3.44. The molecule has 0 aliphatic carbocycles. The molecule has 0 aliphatic rings. The normalized spacial score (nSPS) is 10.7. The molecule has 3 rings (SSSR count). The van der Waals surface area contributed by atoms with E-state index in [0.29, 0.717) is 23.0 Å². The van der Waals surface area contributed by atoms with Crippen molar-refractivity contribution in [3.63, 3.8) is 0 Å². The highest BCUT2D eigenvalue weighted by atomic mass is 35.5. The zero-order valence-corrected chi connectivity index (χ0v) is 12.6. The lowest BCUT2D eigenvalue weighted by Gasteiger charge is -2.09. The SMILES string of the molecule is N#Cc1ccc(Cn2c(CCl)nc3cccc(Cl)c32)cc1. The summed E-state index contributed by atoms with van der Waals surface area (Å²) in [6, 6.07) is 15.2. The van der Waals surface area contributed by atoms with E-state index >= 15 is 0 Å². The van der Waals surface area contributed by atoms with Crippen LogP contribution in [0.4, 0.5) is 0 Å². The average molecular weight is 316 g/mol. The number of nitriles is 1. The van der Waals surface area contributed by atoms with Crippen LogP contribution in [0, 0.1) is 11.3 Å².